The average molecular weight is 216 g/mol. The van der Waals surface area contributed by atoms with Crippen molar-refractivity contribution in [2.75, 3.05) is 6.54 Å². The first-order valence-corrected chi connectivity index (χ1v) is 5.50. The van der Waals surface area contributed by atoms with Gasteiger partial charge in [0.15, 0.2) is 0 Å². The van der Waals surface area contributed by atoms with E-state index in [-0.39, 0.29) is 5.91 Å². The number of carbonyl (C=O) groups is 1. The maximum atomic E-state index is 11.8. The van der Waals surface area contributed by atoms with Gasteiger partial charge in [0.25, 0.3) is 5.91 Å². The van der Waals surface area contributed by atoms with E-state index in [2.05, 4.69) is 23.3 Å². The van der Waals surface area contributed by atoms with Gasteiger partial charge < -0.3 is 10.3 Å². The van der Waals surface area contributed by atoms with Crippen LogP contribution < -0.4 is 5.32 Å². The second-order valence-corrected chi connectivity index (χ2v) is 4.03. The Morgan fingerprint density at radius 3 is 2.81 bits per heavy atom. The minimum atomic E-state index is -0.0335. The molecule has 0 aliphatic rings. The molecular weight excluding hydrogens is 200 g/mol. The number of fused-ring (bicyclic) bond motifs is 1. The number of aromatic nitrogens is 1. The molecule has 0 atom stereocenters. The number of rotatable bonds is 2. The van der Waals surface area contributed by atoms with Gasteiger partial charge in [-0.2, -0.15) is 0 Å². The van der Waals surface area contributed by atoms with Gasteiger partial charge >= 0.3 is 0 Å². The van der Waals surface area contributed by atoms with E-state index in [1.165, 1.54) is 5.56 Å². The predicted molar refractivity (Wildman–Crippen MR) is 65.8 cm³/mol. The molecule has 84 valence electrons. The lowest BCUT2D eigenvalue weighted by atomic mass is 10.1. The van der Waals surface area contributed by atoms with Gasteiger partial charge in [0.05, 0.1) is 0 Å². The van der Waals surface area contributed by atoms with Crippen LogP contribution in [0.5, 0.6) is 0 Å². The first-order valence-electron chi connectivity index (χ1n) is 5.50. The maximum Gasteiger partial charge on any atom is 0.267 e. The van der Waals surface area contributed by atoms with Crippen molar-refractivity contribution in [3.63, 3.8) is 0 Å². The lowest BCUT2D eigenvalue weighted by molar-refractivity contribution is 0.0951. The van der Waals surface area contributed by atoms with E-state index in [9.17, 15) is 4.79 Å². The minimum Gasteiger partial charge on any atom is -0.351 e. The molecular formula is C13H16N2O. The van der Waals surface area contributed by atoms with Crippen LogP contribution in [0.1, 0.15) is 28.5 Å². The Balaban J connectivity index is 2.56. The highest BCUT2D eigenvalue weighted by Gasteiger charge is 2.13. The van der Waals surface area contributed by atoms with Crippen molar-refractivity contribution >= 4 is 16.8 Å². The van der Waals surface area contributed by atoms with Crippen LogP contribution in [-0.2, 0) is 0 Å². The summed E-state index contributed by atoms with van der Waals surface area (Å²) in [7, 11) is 0. The van der Waals surface area contributed by atoms with Crippen molar-refractivity contribution in [2.45, 2.75) is 20.8 Å². The molecule has 2 N–H and O–H groups in total. The van der Waals surface area contributed by atoms with E-state index in [0.717, 1.165) is 16.5 Å². The molecule has 0 saturated carbocycles. The number of amides is 1. The van der Waals surface area contributed by atoms with Crippen molar-refractivity contribution in [2.24, 2.45) is 0 Å². The second kappa shape index (κ2) is 4.00. The van der Waals surface area contributed by atoms with Gasteiger partial charge in [-0.1, -0.05) is 11.6 Å². The molecule has 0 fully saturated rings. The smallest absolute Gasteiger partial charge is 0.267 e. The summed E-state index contributed by atoms with van der Waals surface area (Å²) in [6.07, 6.45) is 0. The molecule has 0 unspecified atom stereocenters. The van der Waals surface area contributed by atoms with Crippen LogP contribution in [-0.4, -0.2) is 17.4 Å². The lowest BCUT2D eigenvalue weighted by Gasteiger charge is -2.00. The first-order chi connectivity index (χ1) is 7.63. The first kappa shape index (κ1) is 10.7. The summed E-state index contributed by atoms with van der Waals surface area (Å²) in [4.78, 5) is 14.9. The van der Waals surface area contributed by atoms with Gasteiger partial charge in [-0.3, -0.25) is 4.79 Å². The van der Waals surface area contributed by atoms with E-state index in [1.807, 2.05) is 26.0 Å². The summed E-state index contributed by atoms with van der Waals surface area (Å²) < 4.78 is 0. The van der Waals surface area contributed by atoms with E-state index in [0.29, 0.717) is 12.2 Å². The Morgan fingerprint density at radius 1 is 1.38 bits per heavy atom. The zero-order valence-electron chi connectivity index (χ0n) is 9.85. The zero-order chi connectivity index (χ0) is 11.7. The van der Waals surface area contributed by atoms with Gasteiger partial charge in [-0.15, -0.1) is 0 Å². The summed E-state index contributed by atoms with van der Waals surface area (Å²) >= 11 is 0. The molecule has 3 heteroatoms. The van der Waals surface area contributed by atoms with Gasteiger partial charge in [0.1, 0.15) is 5.69 Å². The fourth-order valence-electron chi connectivity index (χ4n) is 1.92. The number of H-pyrrole nitrogens is 1. The topological polar surface area (TPSA) is 44.9 Å². The third-order valence-electron chi connectivity index (χ3n) is 2.78. The molecule has 0 spiro atoms. The molecule has 1 aromatic carbocycles. The highest BCUT2D eigenvalue weighted by Crippen LogP contribution is 2.22. The van der Waals surface area contributed by atoms with Crippen LogP contribution >= 0.6 is 0 Å². The van der Waals surface area contributed by atoms with Crippen molar-refractivity contribution in [3.05, 3.63) is 35.0 Å². The van der Waals surface area contributed by atoms with Crippen LogP contribution in [0.3, 0.4) is 0 Å². The highest BCUT2D eigenvalue weighted by atomic mass is 16.1. The fourth-order valence-corrected chi connectivity index (χ4v) is 1.92. The van der Waals surface area contributed by atoms with E-state index >= 15 is 0 Å². The predicted octanol–water partition coefficient (Wildman–Crippen LogP) is 2.53. The van der Waals surface area contributed by atoms with Crippen molar-refractivity contribution in [1.82, 2.24) is 10.3 Å². The number of aromatic amines is 1. The van der Waals surface area contributed by atoms with Crippen molar-refractivity contribution in [1.29, 1.82) is 0 Å². The molecule has 0 saturated heterocycles. The Labute approximate surface area is 94.9 Å². The van der Waals surface area contributed by atoms with Gasteiger partial charge in [0.2, 0.25) is 0 Å². The molecule has 0 bridgehead atoms. The number of benzene rings is 1. The Kier molecular flexibility index (Phi) is 2.69. The number of hydrogen-bond donors (Lipinski definition) is 2. The third-order valence-corrected chi connectivity index (χ3v) is 2.78. The molecule has 0 radical (unpaired) electrons. The SMILES string of the molecule is CCNC(=O)c1[nH]c2ccc(C)cc2c1C. The molecule has 1 heterocycles. The molecule has 16 heavy (non-hydrogen) atoms. The van der Waals surface area contributed by atoms with Crippen molar-refractivity contribution in [3.8, 4) is 0 Å². The van der Waals surface area contributed by atoms with E-state index in [4.69, 9.17) is 0 Å². The van der Waals surface area contributed by atoms with Crippen LogP contribution in [0.4, 0.5) is 0 Å². The quantitative estimate of drug-likeness (QED) is 0.796. The number of aryl methyl sites for hydroxylation is 2. The Morgan fingerprint density at radius 2 is 2.12 bits per heavy atom. The fraction of sp³-hybridized carbons (Fsp3) is 0.308. The Bertz CT molecular complexity index is 540. The monoisotopic (exact) mass is 216 g/mol. The lowest BCUT2D eigenvalue weighted by Crippen LogP contribution is -2.23. The van der Waals surface area contributed by atoms with E-state index in [1.54, 1.807) is 0 Å². The summed E-state index contributed by atoms with van der Waals surface area (Å²) in [6, 6.07) is 6.16. The normalized spacial score (nSPS) is 10.7. The molecule has 2 rings (SSSR count). The molecule has 0 aliphatic heterocycles. The van der Waals surface area contributed by atoms with Crippen LogP contribution in [0.2, 0.25) is 0 Å². The largest absolute Gasteiger partial charge is 0.351 e. The maximum absolute atomic E-state index is 11.8. The summed E-state index contributed by atoms with van der Waals surface area (Å²) in [5.41, 5.74) is 3.91. The van der Waals surface area contributed by atoms with Gasteiger partial charge in [-0.05, 0) is 38.5 Å². The van der Waals surface area contributed by atoms with Crippen LogP contribution in [0, 0.1) is 13.8 Å². The van der Waals surface area contributed by atoms with Gasteiger partial charge in [0, 0.05) is 17.4 Å². The van der Waals surface area contributed by atoms with Crippen molar-refractivity contribution < 1.29 is 4.79 Å². The number of nitrogens with one attached hydrogen (secondary N) is 2. The zero-order valence-corrected chi connectivity index (χ0v) is 9.85. The second-order valence-electron chi connectivity index (χ2n) is 4.03. The Hall–Kier alpha value is -1.77. The third kappa shape index (κ3) is 1.69. The molecule has 0 aliphatic carbocycles. The van der Waals surface area contributed by atoms with E-state index < -0.39 is 0 Å². The molecule has 2 aromatic rings. The molecule has 1 aromatic heterocycles. The minimum absolute atomic E-state index is 0.0335. The van der Waals surface area contributed by atoms with Gasteiger partial charge in [-0.25, -0.2) is 0 Å². The summed E-state index contributed by atoms with van der Waals surface area (Å²) in [6.45, 7) is 6.59. The molecule has 3 nitrogen and oxygen atoms in total. The summed E-state index contributed by atoms with van der Waals surface area (Å²) in [5.74, 6) is -0.0335. The molecule has 1 amide bonds. The highest BCUT2D eigenvalue weighted by molar-refractivity contribution is 6.00. The van der Waals surface area contributed by atoms with Crippen LogP contribution in [0.15, 0.2) is 18.2 Å². The summed E-state index contributed by atoms with van der Waals surface area (Å²) in [5, 5.41) is 3.93. The number of hydrogen-bond acceptors (Lipinski definition) is 1. The standard InChI is InChI=1S/C13H16N2O/c1-4-14-13(16)12-9(3)10-7-8(2)5-6-11(10)15-12/h5-7,15H,4H2,1-3H3,(H,14,16). The number of carbonyl (C=O) groups excluding carboxylic acids is 1. The average Bonchev–Trinajstić information content (AvgIpc) is 2.57. The van der Waals surface area contributed by atoms with Crippen LogP contribution in [0.25, 0.3) is 10.9 Å².